The summed E-state index contributed by atoms with van der Waals surface area (Å²) in [5.74, 6) is -3.58. The fourth-order valence-corrected chi connectivity index (χ4v) is 1.89. The minimum absolute atomic E-state index is 0.0105. The number of hydrogen-bond donors (Lipinski definition) is 1. The fraction of sp³-hybridized carbons (Fsp3) is 0. The van der Waals surface area contributed by atoms with Crippen molar-refractivity contribution in [1.82, 2.24) is 0 Å². The molecule has 1 N–H and O–H groups in total. The van der Waals surface area contributed by atoms with Crippen molar-refractivity contribution < 1.29 is 18.0 Å². The standard InChI is InChI=1S/C13H7BrF3NO/c14-9-5-4-7(15)6-8(9)13(19)18-11-3-1-2-10(16)12(11)17/h1-6H,(H,18,19). The van der Waals surface area contributed by atoms with Crippen molar-refractivity contribution in [2.75, 3.05) is 5.32 Å². The highest BCUT2D eigenvalue weighted by molar-refractivity contribution is 9.10. The molecule has 6 heteroatoms. The number of nitrogens with one attached hydrogen (secondary N) is 1. The van der Waals surface area contributed by atoms with E-state index in [0.29, 0.717) is 4.47 Å². The molecule has 0 aliphatic rings. The Bertz CT molecular complexity index is 646. The maximum atomic E-state index is 13.4. The molecule has 0 saturated heterocycles. The molecule has 0 heterocycles. The number of carbonyl (C=O) groups excluding carboxylic acids is 1. The Hall–Kier alpha value is -1.82. The number of anilines is 1. The molecule has 0 fully saturated rings. The highest BCUT2D eigenvalue weighted by Crippen LogP contribution is 2.21. The lowest BCUT2D eigenvalue weighted by Crippen LogP contribution is -2.14. The van der Waals surface area contributed by atoms with E-state index in [-0.39, 0.29) is 11.3 Å². The summed E-state index contributed by atoms with van der Waals surface area (Å²) in [5, 5.41) is 2.18. The van der Waals surface area contributed by atoms with Crippen LogP contribution in [0.2, 0.25) is 0 Å². The average Bonchev–Trinajstić information content (AvgIpc) is 2.38. The molecule has 0 saturated carbocycles. The van der Waals surface area contributed by atoms with Gasteiger partial charge in [-0.25, -0.2) is 13.2 Å². The van der Waals surface area contributed by atoms with E-state index in [1.165, 1.54) is 24.3 Å². The summed E-state index contributed by atoms with van der Waals surface area (Å²) in [5.41, 5.74) is -0.315. The summed E-state index contributed by atoms with van der Waals surface area (Å²) in [6, 6.07) is 6.92. The Kier molecular flexibility index (Phi) is 3.90. The lowest BCUT2D eigenvalue weighted by atomic mass is 10.2. The molecule has 0 unspecified atom stereocenters. The molecular weight excluding hydrogens is 323 g/mol. The van der Waals surface area contributed by atoms with E-state index >= 15 is 0 Å². The number of carbonyl (C=O) groups is 1. The molecule has 0 bridgehead atoms. The fourth-order valence-electron chi connectivity index (χ4n) is 1.46. The Balaban J connectivity index is 2.31. The lowest BCUT2D eigenvalue weighted by molar-refractivity contribution is 0.102. The van der Waals surface area contributed by atoms with Gasteiger partial charge in [0.25, 0.3) is 5.91 Å². The van der Waals surface area contributed by atoms with Crippen LogP contribution >= 0.6 is 15.9 Å². The van der Waals surface area contributed by atoms with Crippen molar-refractivity contribution in [2.24, 2.45) is 0 Å². The van der Waals surface area contributed by atoms with E-state index in [2.05, 4.69) is 21.2 Å². The van der Waals surface area contributed by atoms with Crippen LogP contribution in [0.25, 0.3) is 0 Å². The average molecular weight is 330 g/mol. The van der Waals surface area contributed by atoms with Crippen molar-refractivity contribution in [3.8, 4) is 0 Å². The van der Waals surface area contributed by atoms with Gasteiger partial charge in [-0.3, -0.25) is 4.79 Å². The monoisotopic (exact) mass is 329 g/mol. The number of amides is 1. The highest BCUT2D eigenvalue weighted by Gasteiger charge is 2.15. The van der Waals surface area contributed by atoms with Gasteiger partial charge in [-0.1, -0.05) is 6.07 Å². The first-order valence-electron chi connectivity index (χ1n) is 5.19. The van der Waals surface area contributed by atoms with Crippen LogP contribution in [0.1, 0.15) is 10.4 Å². The van der Waals surface area contributed by atoms with E-state index in [9.17, 15) is 18.0 Å². The predicted molar refractivity (Wildman–Crippen MR) is 68.4 cm³/mol. The largest absolute Gasteiger partial charge is 0.319 e. The van der Waals surface area contributed by atoms with Gasteiger partial charge in [0, 0.05) is 4.47 Å². The zero-order valence-corrected chi connectivity index (χ0v) is 11.0. The number of rotatable bonds is 2. The van der Waals surface area contributed by atoms with E-state index in [1.807, 2.05) is 0 Å². The normalized spacial score (nSPS) is 10.3. The highest BCUT2D eigenvalue weighted by atomic mass is 79.9. The van der Waals surface area contributed by atoms with Crippen LogP contribution in [-0.2, 0) is 0 Å². The third-order valence-corrected chi connectivity index (χ3v) is 3.06. The molecule has 2 aromatic rings. The smallest absolute Gasteiger partial charge is 0.256 e. The van der Waals surface area contributed by atoms with Gasteiger partial charge in [0.2, 0.25) is 0 Å². The molecule has 0 aliphatic carbocycles. The van der Waals surface area contributed by atoms with Gasteiger partial charge in [-0.2, -0.15) is 0 Å². The van der Waals surface area contributed by atoms with Gasteiger partial charge < -0.3 is 5.32 Å². The Morgan fingerprint density at radius 1 is 1.11 bits per heavy atom. The summed E-state index contributed by atoms with van der Waals surface area (Å²) in [4.78, 5) is 11.9. The van der Waals surface area contributed by atoms with Crippen LogP contribution in [0, 0.1) is 17.5 Å². The third-order valence-electron chi connectivity index (χ3n) is 2.37. The maximum absolute atomic E-state index is 13.4. The molecule has 2 rings (SSSR count). The minimum Gasteiger partial charge on any atom is -0.319 e. The predicted octanol–water partition coefficient (Wildman–Crippen LogP) is 4.12. The quantitative estimate of drug-likeness (QED) is 0.882. The Morgan fingerprint density at radius 2 is 1.84 bits per heavy atom. The summed E-state index contributed by atoms with van der Waals surface area (Å²) in [6.45, 7) is 0. The lowest BCUT2D eigenvalue weighted by Gasteiger charge is -2.08. The SMILES string of the molecule is O=C(Nc1cccc(F)c1F)c1cc(F)ccc1Br. The minimum atomic E-state index is -1.16. The molecule has 0 radical (unpaired) electrons. The van der Waals surface area contributed by atoms with Crippen LogP contribution in [-0.4, -0.2) is 5.91 Å². The zero-order valence-electron chi connectivity index (χ0n) is 9.38. The van der Waals surface area contributed by atoms with Gasteiger partial charge in [0.15, 0.2) is 11.6 Å². The topological polar surface area (TPSA) is 29.1 Å². The van der Waals surface area contributed by atoms with E-state index < -0.39 is 23.4 Å². The molecule has 2 aromatic carbocycles. The first-order chi connectivity index (χ1) is 8.99. The molecule has 1 amide bonds. The van der Waals surface area contributed by atoms with Crippen molar-refractivity contribution in [1.29, 1.82) is 0 Å². The molecule has 19 heavy (non-hydrogen) atoms. The molecule has 0 spiro atoms. The zero-order chi connectivity index (χ0) is 14.0. The Labute approximate surface area is 115 Å². The van der Waals surface area contributed by atoms with Crippen LogP contribution in [0.3, 0.4) is 0 Å². The van der Waals surface area contributed by atoms with Gasteiger partial charge in [0.05, 0.1) is 11.3 Å². The van der Waals surface area contributed by atoms with Crippen LogP contribution in [0.5, 0.6) is 0 Å². The number of halogens is 4. The summed E-state index contributed by atoms with van der Waals surface area (Å²) < 4.78 is 39.8. The Morgan fingerprint density at radius 3 is 2.58 bits per heavy atom. The van der Waals surface area contributed by atoms with Crippen molar-refractivity contribution in [2.45, 2.75) is 0 Å². The second kappa shape index (κ2) is 5.44. The van der Waals surface area contributed by atoms with Gasteiger partial charge >= 0.3 is 0 Å². The summed E-state index contributed by atoms with van der Waals surface area (Å²) in [6.07, 6.45) is 0. The van der Waals surface area contributed by atoms with Crippen molar-refractivity contribution >= 4 is 27.5 Å². The van der Waals surface area contributed by atoms with Crippen molar-refractivity contribution in [3.63, 3.8) is 0 Å². The van der Waals surface area contributed by atoms with Gasteiger partial charge in [-0.05, 0) is 46.3 Å². The molecule has 98 valence electrons. The van der Waals surface area contributed by atoms with Crippen molar-refractivity contribution in [3.05, 3.63) is 63.9 Å². The number of hydrogen-bond acceptors (Lipinski definition) is 1. The molecule has 0 atom stereocenters. The van der Waals surface area contributed by atoms with Crippen LogP contribution in [0.4, 0.5) is 18.9 Å². The van der Waals surface area contributed by atoms with Gasteiger partial charge in [-0.15, -0.1) is 0 Å². The molecular formula is C13H7BrF3NO. The van der Waals surface area contributed by atoms with E-state index in [1.54, 1.807) is 0 Å². The van der Waals surface area contributed by atoms with Crippen LogP contribution < -0.4 is 5.32 Å². The number of benzene rings is 2. The third kappa shape index (κ3) is 2.96. The first-order valence-corrected chi connectivity index (χ1v) is 5.99. The first kappa shape index (κ1) is 13.6. The summed E-state index contributed by atoms with van der Waals surface area (Å²) in [7, 11) is 0. The second-order valence-electron chi connectivity index (χ2n) is 3.68. The summed E-state index contributed by atoms with van der Waals surface area (Å²) >= 11 is 3.08. The molecule has 0 aliphatic heterocycles. The van der Waals surface area contributed by atoms with Crippen LogP contribution in [0.15, 0.2) is 40.9 Å². The van der Waals surface area contributed by atoms with E-state index in [0.717, 1.165) is 12.1 Å². The maximum Gasteiger partial charge on any atom is 0.256 e. The second-order valence-corrected chi connectivity index (χ2v) is 4.53. The molecule has 0 aromatic heterocycles. The van der Waals surface area contributed by atoms with Gasteiger partial charge in [0.1, 0.15) is 5.82 Å². The van der Waals surface area contributed by atoms with E-state index in [4.69, 9.17) is 0 Å². The molecule has 2 nitrogen and oxygen atoms in total.